The van der Waals surface area contributed by atoms with Gasteiger partial charge in [0.25, 0.3) is 0 Å². The van der Waals surface area contributed by atoms with E-state index in [0.717, 1.165) is 16.6 Å². The van der Waals surface area contributed by atoms with Gasteiger partial charge >= 0.3 is 11.7 Å². The predicted octanol–water partition coefficient (Wildman–Crippen LogP) is 0.473. The molecule has 2 rings (SSSR count). The van der Waals surface area contributed by atoms with Crippen LogP contribution in [-0.2, 0) is 25.4 Å². The molecule has 1 aromatic carbocycles. The van der Waals surface area contributed by atoms with E-state index in [2.05, 4.69) is 5.32 Å². The van der Waals surface area contributed by atoms with Crippen molar-refractivity contribution >= 4 is 29.4 Å². The summed E-state index contributed by atoms with van der Waals surface area (Å²) in [7, 11) is 3.45. The summed E-state index contributed by atoms with van der Waals surface area (Å²) in [4.78, 5) is 22.1. The van der Waals surface area contributed by atoms with E-state index >= 15 is 0 Å². The third-order valence-corrected chi connectivity index (χ3v) is 2.94. The van der Waals surface area contributed by atoms with Gasteiger partial charge < -0.3 is 10.4 Å². The number of halogens is 1. The highest BCUT2D eigenvalue weighted by atomic mass is 35.5. The predicted molar refractivity (Wildman–Crippen MR) is 74.8 cm³/mol. The van der Waals surface area contributed by atoms with Crippen LogP contribution >= 0.6 is 12.4 Å². The standard InChI is InChI=1S/C12H15N3O3.ClH/c1-14-9-4-3-8(6-13-7-11(16)17)5-10(9)15(2)12(14)18;/h3-5,13H,6-7H2,1-2H3,(H,16,17);1H. The Bertz CT molecular complexity index is 660. The number of aryl methyl sites for hydroxylation is 2. The second-order valence-corrected chi connectivity index (χ2v) is 4.22. The van der Waals surface area contributed by atoms with Gasteiger partial charge in [0.2, 0.25) is 0 Å². The molecule has 0 saturated carbocycles. The van der Waals surface area contributed by atoms with Crippen molar-refractivity contribution in [3.63, 3.8) is 0 Å². The highest BCUT2D eigenvalue weighted by molar-refractivity contribution is 5.85. The maximum absolute atomic E-state index is 11.7. The highest BCUT2D eigenvalue weighted by Gasteiger charge is 2.07. The van der Waals surface area contributed by atoms with Crippen LogP contribution in [0.5, 0.6) is 0 Å². The number of rotatable bonds is 4. The Balaban J connectivity index is 0.00000180. The molecular weight excluding hydrogens is 270 g/mol. The number of aromatic nitrogens is 2. The fourth-order valence-electron chi connectivity index (χ4n) is 1.98. The van der Waals surface area contributed by atoms with Crippen LogP contribution in [0.1, 0.15) is 5.56 Å². The van der Waals surface area contributed by atoms with Gasteiger partial charge in [-0.2, -0.15) is 0 Å². The van der Waals surface area contributed by atoms with E-state index in [9.17, 15) is 9.59 Å². The number of benzene rings is 1. The van der Waals surface area contributed by atoms with Gasteiger partial charge in [-0.3, -0.25) is 13.9 Å². The number of hydrogen-bond donors (Lipinski definition) is 2. The minimum absolute atomic E-state index is 0. The van der Waals surface area contributed by atoms with Crippen LogP contribution in [0.15, 0.2) is 23.0 Å². The second-order valence-electron chi connectivity index (χ2n) is 4.22. The van der Waals surface area contributed by atoms with E-state index < -0.39 is 5.97 Å². The van der Waals surface area contributed by atoms with E-state index in [4.69, 9.17) is 5.11 Å². The second kappa shape index (κ2) is 5.90. The monoisotopic (exact) mass is 285 g/mol. The minimum Gasteiger partial charge on any atom is -0.480 e. The van der Waals surface area contributed by atoms with E-state index in [0.29, 0.717) is 6.54 Å². The molecule has 1 aromatic heterocycles. The smallest absolute Gasteiger partial charge is 0.328 e. The van der Waals surface area contributed by atoms with Crippen LogP contribution < -0.4 is 11.0 Å². The molecule has 0 spiro atoms. The molecule has 0 unspecified atom stereocenters. The summed E-state index contributed by atoms with van der Waals surface area (Å²) in [6.45, 7) is 0.386. The number of carboxylic acid groups (broad SMARTS) is 1. The summed E-state index contributed by atoms with van der Waals surface area (Å²) in [5.41, 5.74) is 2.59. The fourth-order valence-corrected chi connectivity index (χ4v) is 1.98. The number of fused-ring (bicyclic) bond motifs is 1. The highest BCUT2D eigenvalue weighted by Crippen LogP contribution is 2.13. The summed E-state index contributed by atoms with van der Waals surface area (Å²) >= 11 is 0. The number of nitrogens with one attached hydrogen (secondary N) is 1. The summed E-state index contributed by atoms with van der Waals surface area (Å²) in [5.74, 6) is -0.886. The van der Waals surface area contributed by atoms with Crippen molar-refractivity contribution in [2.75, 3.05) is 6.54 Å². The number of nitrogens with zero attached hydrogens (tertiary/aromatic N) is 2. The molecule has 0 aliphatic rings. The Morgan fingerprint density at radius 2 is 1.89 bits per heavy atom. The van der Waals surface area contributed by atoms with Crippen molar-refractivity contribution in [1.29, 1.82) is 0 Å². The average molecular weight is 286 g/mol. The van der Waals surface area contributed by atoms with Gasteiger partial charge in [-0.1, -0.05) is 6.07 Å². The minimum atomic E-state index is -0.886. The van der Waals surface area contributed by atoms with Crippen molar-refractivity contribution in [3.8, 4) is 0 Å². The number of aliphatic carboxylic acids is 1. The molecule has 2 N–H and O–H groups in total. The van der Waals surface area contributed by atoms with Gasteiger partial charge in [0.1, 0.15) is 0 Å². The topological polar surface area (TPSA) is 76.3 Å². The van der Waals surface area contributed by atoms with Crippen LogP contribution in [0.2, 0.25) is 0 Å². The summed E-state index contributed by atoms with van der Waals surface area (Å²) in [6, 6.07) is 5.65. The zero-order valence-corrected chi connectivity index (χ0v) is 11.5. The first-order valence-electron chi connectivity index (χ1n) is 5.57. The molecule has 0 aliphatic heterocycles. The van der Waals surface area contributed by atoms with Gasteiger partial charge in [-0.15, -0.1) is 12.4 Å². The van der Waals surface area contributed by atoms with E-state index in [-0.39, 0.29) is 24.6 Å². The lowest BCUT2D eigenvalue weighted by atomic mass is 10.2. The molecule has 2 aromatic rings. The molecule has 0 amide bonds. The van der Waals surface area contributed by atoms with Gasteiger partial charge in [0.05, 0.1) is 17.6 Å². The van der Waals surface area contributed by atoms with Crippen molar-refractivity contribution in [2.24, 2.45) is 14.1 Å². The first kappa shape index (κ1) is 15.3. The third-order valence-electron chi connectivity index (χ3n) is 2.94. The molecule has 0 atom stereocenters. The zero-order chi connectivity index (χ0) is 13.3. The quantitative estimate of drug-likeness (QED) is 0.856. The first-order chi connectivity index (χ1) is 8.50. The van der Waals surface area contributed by atoms with E-state index in [1.807, 2.05) is 18.2 Å². The Kier molecular flexibility index (Phi) is 4.74. The van der Waals surface area contributed by atoms with Gasteiger partial charge in [-0.25, -0.2) is 4.79 Å². The van der Waals surface area contributed by atoms with Crippen molar-refractivity contribution < 1.29 is 9.90 Å². The molecule has 104 valence electrons. The Morgan fingerprint density at radius 1 is 1.26 bits per heavy atom. The van der Waals surface area contributed by atoms with Crippen LogP contribution in [0.25, 0.3) is 11.0 Å². The maximum atomic E-state index is 11.7. The van der Waals surface area contributed by atoms with Crippen molar-refractivity contribution in [3.05, 3.63) is 34.2 Å². The van der Waals surface area contributed by atoms with Crippen LogP contribution in [-0.4, -0.2) is 26.8 Å². The first-order valence-corrected chi connectivity index (χ1v) is 5.57. The van der Waals surface area contributed by atoms with Gasteiger partial charge in [0, 0.05) is 20.6 Å². The van der Waals surface area contributed by atoms with E-state index in [1.54, 1.807) is 23.2 Å². The lowest BCUT2D eigenvalue weighted by Crippen LogP contribution is -2.21. The number of hydrogen-bond acceptors (Lipinski definition) is 3. The van der Waals surface area contributed by atoms with Gasteiger partial charge in [-0.05, 0) is 17.7 Å². The Hall–Kier alpha value is -1.79. The molecule has 0 aliphatic carbocycles. The van der Waals surface area contributed by atoms with Crippen LogP contribution in [0, 0.1) is 0 Å². The Labute approximate surface area is 116 Å². The fraction of sp³-hybridized carbons (Fsp3) is 0.333. The normalized spacial score (nSPS) is 10.4. The maximum Gasteiger partial charge on any atom is 0.328 e. The summed E-state index contributed by atoms with van der Waals surface area (Å²) in [5, 5.41) is 11.3. The third kappa shape index (κ3) is 2.97. The lowest BCUT2D eigenvalue weighted by Gasteiger charge is -2.03. The Morgan fingerprint density at radius 3 is 2.53 bits per heavy atom. The molecule has 0 bridgehead atoms. The molecule has 7 heteroatoms. The summed E-state index contributed by atoms with van der Waals surface area (Å²) in [6.07, 6.45) is 0. The number of imidazole rings is 1. The van der Waals surface area contributed by atoms with Crippen LogP contribution in [0.4, 0.5) is 0 Å². The number of carbonyl (C=O) groups is 1. The molecule has 0 fully saturated rings. The average Bonchev–Trinajstić information content (AvgIpc) is 2.54. The summed E-state index contributed by atoms with van der Waals surface area (Å²) < 4.78 is 3.17. The largest absolute Gasteiger partial charge is 0.480 e. The van der Waals surface area contributed by atoms with Crippen molar-refractivity contribution in [2.45, 2.75) is 6.54 Å². The van der Waals surface area contributed by atoms with Crippen LogP contribution in [0.3, 0.4) is 0 Å². The lowest BCUT2D eigenvalue weighted by molar-refractivity contribution is -0.135. The molecule has 0 radical (unpaired) electrons. The number of carboxylic acids is 1. The molecular formula is C12H16ClN3O3. The van der Waals surface area contributed by atoms with Crippen molar-refractivity contribution in [1.82, 2.24) is 14.5 Å². The molecule has 0 saturated heterocycles. The molecule has 19 heavy (non-hydrogen) atoms. The van der Waals surface area contributed by atoms with E-state index in [1.165, 1.54) is 0 Å². The zero-order valence-electron chi connectivity index (χ0n) is 10.7. The SMILES string of the molecule is Cl.Cn1c(=O)n(C)c2cc(CNCC(=O)O)ccc21. The molecule has 6 nitrogen and oxygen atoms in total. The molecule has 1 heterocycles. The van der Waals surface area contributed by atoms with Gasteiger partial charge in [0.15, 0.2) is 0 Å².